The average molecular weight is 409 g/mol. The number of aryl methyl sites for hydroxylation is 1. The summed E-state index contributed by atoms with van der Waals surface area (Å²) in [5.41, 5.74) is 0.582. The zero-order valence-corrected chi connectivity index (χ0v) is 16.4. The lowest BCUT2D eigenvalue weighted by Crippen LogP contribution is -2.27. The van der Waals surface area contributed by atoms with Crippen LogP contribution in [-0.4, -0.2) is 27.2 Å². The molecule has 0 amide bonds. The Kier molecular flexibility index (Phi) is 4.81. The highest BCUT2D eigenvalue weighted by Crippen LogP contribution is 2.23. The predicted octanol–water partition coefficient (Wildman–Crippen LogP) is 1.80. The molecule has 0 saturated carbocycles. The summed E-state index contributed by atoms with van der Waals surface area (Å²) in [6.07, 6.45) is 1.58. The third-order valence-corrected chi connectivity index (χ3v) is 5.08. The fourth-order valence-electron chi connectivity index (χ4n) is 2.69. The van der Waals surface area contributed by atoms with Crippen molar-refractivity contribution in [3.63, 3.8) is 0 Å². The second-order valence-corrected chi connectivity index (χ2v) is 7.12. The number of fused-ring (bicyclic) bond motifs is 1. The summed E-state index contributed by atoms with van der Waals surface area (Å²) in [5, 5.41) is 3.98. The van der Waals surface area contributed by atoms with Crippen LogP contribution in [0, 0.1) is 6.92 Å². The zero-order chi connectivity index (χ0) is 20.5. The molecule has 1 aromatic carbocycles. The lowest BCUT2D eigenvalue weighted by molar-refractivity contribution is 0.0526. The molecule has 0 radical (unpaired) electrons. The maximum Gasteiger partial charge on any atom is 0.338 e. The molecule has 146 valence electrons. The largest absolute Gasteiger partial charge is 0.462 e. The Balaban J connectivity index is 1.67. The number of hydrogen-bond donors (Lipinski definition) is 0. The number of esters is 1. The molecule has 3 heterocycles. The van der Waals surface area contributed by atoms with Crippen LogP contribution < -0.4 is 15.7 Å². The molecule has 0 fully saturated rings. The predicted molar refractivity (Wildman–Crippen MR) is 107 cm³/mol. The van der Waals surface area contributed by atoms with Crippen LogP contribution in [0.3, 0.4) is 0 Å². The molecule has 0 aliphatic heterocycles. The van der Waals surface area contributed by atoms with Gasteiger partial charge < -0.3 is 9.15 Å². The molecule has 0 aliphatic rings. The van der Waals surface area contributed by atoms with E-state index < -0.39 is 5.56 Å². The van der Waals surface area contributed by atoms with Gasteiger partial charge in [-0.2, -0.15) is 14.6 Å². The van der Waals surface area contributed by atoms with Gasteiger partial charge in [-0.1, -0.05) is 23.5 Å². The number of hydrogen-bond acceptors (Lipinski definition) is 8. The van der Waals surface area contributed by atoms with Crippen LogP contribution in [0.5, 0.6) is 0 Å². The molecular weight excluding hydrogens is 394 g/mol. The first-order valence-electron chi connectivity index (χ1n) is 8.76. The van der Waals surface area contributed by atoms with Crippen molar-refractivity contribution in [3.8, 4) is 11.3 Å². The molecule has 8 nitrogen and oxygen atoms in total. The summed E-state index contributed by atoms with van der Waals surface area (Å²) in [6.45, 7) is 3.58. The van der Waals surface area contributed by atoms with Crippen LogP contribution in [0.25, 0.3) is 22.4 Å². The van der Waals surface area contributed by atoms with Gasteiger partial charge >= 0.3 is 5.97 Å². The van der Waals surface area contributed by atoms with Crippen molar-refractivity contribution in [1.29, 1.82) is 0 Å². The van der Waals surface area contributed by atoms with E-state index in [1.54, 1.807) is 49.4 Å². The first-order valence-corrected chi connectivity index (χ1v) is 9.57. The number of thiazole rings is 1. The summed E-state index contributed by atoms with van der Waals surface area (Å²) < 4.78 is 12.2. The lowest BCUT2D eigenvalue weighted by atomic mass is 10.1. The summed E-state index contributed by atoms with van der Waals surface area (Å²) in [4.78, 5) is 39.9. The second-order valence-electron chi connectivity index (χ2n) is 6.11. The number of benzene rings is 1. The van der Waals surface area contributed by atoms with E-state index in [0.29, 0.717) is 28.2 Å². The number of ether oxygens (including phenoxy) is 1. The lowest BCUT2D eigenvalue weighted by Gasteiger charge is -2.02. The highest BCUT2D eigenvalue weighted by molar-refractivity contribution is 7.15. The van der Waals surface area contributed by atoms with E-state index in [4.69, 9.17) is 9.15 Å². The topological polar surface area (TPSA) is 104 Å². The number of carbonyl (C=O) groups excluding carboxylic acids is 1. The van der Waals surface area contributed by atoms with Crippen molar-refractivity contribution in [2.45, 2.75) is 13.8 Å². The van der Waals surface area contributed by atoms with Crippen LogP contribution in [-0.2, 0) is 4.74 Å². The molecule has 9 heteroatoms. The normalized spacial score (nSPS) is 11.9. The van der Waals surface area contributed by atoms with E-state index in [1.165, 1.54) is 6.92 Å². The molecule has 0 bridgehead atoms. The van der Waals surface area contributed by atoms with Crippen LogP contribution in [0.15, 0.2) is 50.4 Å². The third kappa shape index (κ3) is 3.59. The highest BCUT2D eigenvalue weighted by atomic mass is 32.1. The Morgan fingerprint density at radius 1 is 1.21 bits per heavy atom. The number of furan rings is 1. The Morgan fingerprint density at radius 3 is 2.69 bits per heavy atom. The van der Waals surface area contributed by atoms with Gasteiger partial charge in [-0.3, -0.25) is 9.59 Å². The molecule has 0 N–H and O–H groups in total. The summed E-state index contributed by atoms with van der Waals surface area (Å²) in [7, 11) is 0. The van der Waals surface area contributed by atoms with E-state index in [1.807, 2.05) is 0 Å². The van der Waals surface area contributed by atoms with Crippen molar-refractivity contribution in [1.82, 2.24) is 14.6 Å². The van der Waals surface area contributed by atoms with E-state index in [2.05, 4.69) is 10.1 Å². The SMILES string of the molecule is CCOC(=O)c1ccc(-c2ccc(/C=c3\sc4nc(=O)c(C)nn4c3=O)o2)cc1. The first kappa shape index (κ1) is 18.8. The zero-order valence-electron chi connectivity index (χ0n) is 15.5. The van der Waals surface area contributed by atoms with Gasteiger partial charge in [0, 0.05) is 11.6 Å². The van der Waals surface area contributed by atoms with Gasteiger partial charge in [-0.15, -0.1) is 0 Å². The molecule has 4 rings (SSSR count). The third-order valence-electron chi connectivity index (χ3n) is 4.12. The quantitative estimate of drug-likeness (QED) is 0.474. The molecule has 29 heavy (non-hydrogen) atoms. The van der Waals surface area contributed by atoms with Crippen LogP contribution in [0.1, 0.15) is 28.7 Å². The Morgan fingerprint density at radius 2 is 1.97 bits per heavy atom. The van der Waals surface area contributed by atoms with Crippen molar-refractivity contribution < 1.29 is 13.9 Å². The van der Waals surface area contributed by atoms with Gasteiger partial charge in [0.05, 0.1) is 12.2 Å². The Labute approximate surface area is 167 Å². The minimum absolute atomic E-state index is 0.163. The van der Waals surface area contributed by atoms with Crippen molar-refractivity contribution in [2.24, 2.45) is 0 Å². The fraction of sp³-hybridized carbons (Fsp3) is 0.150. The summed E-state index contributed by atoms with van der Waals surface area (Å²) >= 11 is 1.07. The van der Waals surface area contributed by atoms with Crippen molar-refractivity contribution >= 4 is 28.3 Å². The Bertz CT molecular complexity index is 1380. The standard InChI is InChI=1S/C20H15N3O5S/c1-3-27-19(26)13-6-4-12(5-7-13)15-9-8-14(28-15)10-16-18(25)23-20(29-16)21-17(24)11(2)22-23/h4-10H,3H2,1-2H3/b16-10-. The van der Waals surface area contributed by atoms with Gasteiger partial charge in [-0.05, 0) is 38.1 Å². The van der Waals surface area contributed by atoms with Gasteiger partial charge in [-0.25, -0.2) is 4.79 Å². The molecule has 0 atom stereocenters. The minimum atomic E-state index is -0.454. The average Bonchev–Trinajstić information content (AvgIpc) is 3.29. The molecular formula is C20H15N3O5S. The van der Waals surface area contributed by atoms with Crippen molar-refractivity contribution in [2.75, 3.05) is 6.61 Å². The van der Waals surface area contributed by atoms with Gasteiger partial charge in [0.1, 0.15) is 21.7 Å². The minimum Gasteiger partial charge on any atom is -0.462 e. The van der Waals surface area contributed by atoms with E-state index in [9.17, 15) is 14.4 Å². The fourth-order valence-corrected chi connectivity index (χ4v) is 3.57. The number of aromatic nitrogens is 3. The Hall–Kier alpha value is -3.59. The first-order chi connectivity index (χ1) is 14.0. The van der Waals surface area contributed by atoms with E-state index in [-0.39, 0.29) is 22.2 Å². The number of carbonyl (C=O) groups is 1. The van der Waals surface area contributed by atoms with Crippen LogP contribution >= 0.6 is 11.3 Å². The molecule has 0 spiro atoms. The van der Waals surface area contributed by atoms with E-state index >= 15 is 0 Å². The molecule has 0 unspecified atom stereocenters. The second kappa shape index (κ2) is 7.44. The maximum atomic E-state index is 12.5. The van der Waals surface area contributed by atoms with Gasteiger partial charge in [0.2, 0.25) is 4.96 Å². The molecule has 0 saturated heterocycles. The molecule has 0 aliphatic carbocycles. The van der Waals surface area contributed by atoms with E-state index in [0.717, 1.165) is 21.4 Å². The van der Waals surface area contributed by atoms with Crippen LogP contribution in [0.2, 0.25) is 0 Å². The monoisotopic (exact) mass is 409 g/mol. The summed E-state index contributed by atoms with van der Waals surface area (Å²) in [5.74, 6) is 0.677. The summed E-state index contributed by atoms with van der Waals surface area (Å²) in [6, 6.07) is 10.3. The van der Waals surface area contributed by atoms with Crippen molar-refractivity contribution in [3.05, 3.63) is 78.7 Å². The van der Waals surface area contributed by atoms with Gasteiger partial charge in [0.25, 0.3) is 11.1 Å². The molecule has 3 aromatic heterocycles. The maximum absolute atomic E-state index is 12.5. The molecule has 4 aromatic rings. The van der Waals surface area contributed by atoms with Gasteiger partial charge in [0.15, 0.2) is 0 Å². The number of rotatable bonds is 4. The number of nitrogens with zero attached hydrogens (tertiary/aromatic N) is 3. The smallest absolute Gasteiger partial charge is 0.338 e. The highest BCUT2D eigenvalue weighted by Gasteiger charge is 2.11. The van der Waals surface area contributed by atoms with Crippen LogP contribution in [0.4, 0.5) is 0 Å².